The highest BCUT2D eigenvalue weighted by atomic mass is 32.1. The van der Waals surface area contributed by atoms with Gasteiger partial charge in [-0.3, -0.25) is 9.78 Å². The van der Waals surface area contributed by atoms with Crippen molar-refractivity contribution in [1.82, 2.24) is 29.6 Å². The summed E-state index contributed by atoms with van der Waals surface area (Å²) in [6, 6.07) is 7.31. The van der Waals surface area contributed by atoms with E-state index in [-0.39, 0.29) is 17.8 Å². The number of thiazole rings is 1. The summed E-state index contributed by atoms with van der Waals surface area (Å²) in [6.45, 7) is 4.95. The number of rotatable bonds is 2. The van der Waals surface area contributed by atoms with Gasteiger partial charge in [-0.15, -0.1) is 21.5 Å². The van der Waals surface area contributed by atoms with E-state index in [1.54, 1.807) is 4.90 Å². The summed E-state index contributed by atoms with van der Waals surface area (Å²) in [4.78, 5) is 23.7. The molecule has 5 rings (SSSR count). The smallest absolute Gasteiger partial charge is 0.254 e. The highest BCUT2D eigenvalue weighted by Gasteiger charge is 2.32. The van der Waals surface area contributed by atoms with Crippen LogP contribution in [0.15, 0.2) is 36.5 Å². The number of amides is 1. The van der Waals surface area contributed by atoms with Gasteiger partial charge in [-0.1, -0.05) is 0 Å². The number of benzene rings is 1. The Labute approximate surface area is 169 Å². The molecule has 0 fully saturated rings. The Morgan fingerprint density at radius 1 is 1.21 bits per heavy atom. The van der Waals surface area contributed by atoms with E-state index in [9.17, 15) is 9.18 Å². The molecule has 0 aliphatic carbocycles. The summed E-state index contributed by atoms with van der Waals surface area (Å²) in [5.74, 6) is 0.920. The van der Waals surface area contributed by atoms with E-state index >= 15 is 0 Å². The number of fused-ring (bicyclic) bond motifs is 2. The fourth-order valence-corrected chi connectivity index (χ4v) is 4.52. The number of pyridine rings is 1. The molecule has 1 aliphatic rings. The van der Waals surface area contributed by atoms with Crippen LogP contribution in [0, 0.1) is 12.7 Å². The van der Waals surface area contributed by atoms with Crippen molar-refractivity contribution in [3.05, 3.63) is 59.4 Å². The molecule has 0 saturated heterocycles. The van der Waals surface area contributed by atoms with Crippen LogP contribution in [0.4, 0.5) is 4.39 Å². The first-order valence-electron chi connectivity index (χ1n) is 9.24. The van der Waals surface area contributed by atoms with Crippen LogP contribution >= 0.6 is 11.3 Å². The molecule has 146 valence electrons. The molecule has 7 nitrogen and oxygen atoms in total. The lowest BCUT2D eigenvalue weighted by Crippen LogP contribution is -2.41. The van der Waals surface area contributed by atoms with Gasteiger partial charge < -0.3 is 9.47 Å². The van der Waals surface area contributed by atoms with Crippen molar-refractivity contribution in [2.75, 3.05) is 6.54 Å². The lowest BCUT2D eigenvalue weighted by Gasteiger charge is -2.33. The Kier molecular flexibility index (Phi) is 4.13. The van der Waals surface area contributed by atoms with Crippen LogP contribution in [0.25, 0.3) is 21.0 Å². The second kappa shape index (κ2) is 6.70. The maximum absolute atomic E-state index is 13.2. The van der Waals surface area contributed by atoms with Gasteiger partial charge in [0.25, 0.3) is 5.91 Å². The van der Waals surface area contributed by atoms with Gasteiger partial charge in [0.2, 0.25) is 0 Å². The van der Waals surface area contributed by atoms with Crippen molar-refractivity contribution in [1.29, 1.82) is 0 Å². The fourth-order valence-electron chi connectivity index (χ4n) is 3.61. The van der Waals surface area contributed by atoms with E-state index in [2.05, 4.69) is 15.2 Å². The molecular weight excluding hydrogens is 391 g/mol. The van der Waals surface area contributed by atoms with E-state index in [1.165, 1.54) is 35.6 Å². The third-order valence-electron chi connectivity index (χ3n) is 5.14. The van der Waals surface area contributed by atoms with Crippen LogP contribution < -0.4 is 0 Å². The van der Waals surface area contributed by atoms with Crippen LogP contribution in [-0.2, 0) is 6.54 Å². The van der Waals surface area contributed by atoms with Crippen LogP contribution in [0.2, 0.25) is 0 Å². The van der Waals surface area contributed by atoms with E-state index in [1.807, 2.05) is 30.7 Å². The number of nitrogens with zero attached hydrogens (tertiary/aromatic N) is 6. The summed E-state index contributed by atoms with van der Waals surface area (Å²) in [5, 5.41) is 9.51. The summed E-state index contributed by atoms with van der Waals surface area (Å²) in [7, 11) is 0. The van der Waals surface area contributed by atoms with Crippen LogP contribution in [-0.4, -0.2) is 42.1 Å². The number of aromatic nitrogens is 5. The lowest BCUT2D eigenvalue weighted by atomic mass is 10.1. The van der Waals surface area contributed by atoms with Crippen LogP contribution in [0.3, 0.4) is 0 Å². The zero-order valence-electron chi connectivity index (χ0n) is 15.8. The molecule has 3 aromatic heterocycles. The first kappa shape index (κ1) is 17.9. The van der Waals surface area contributed by atoms with Gasteiger partial charge in [0, 0.05) is 30.5 Å². The number of halogens is 1. The van der Waals surface area contributed by atoms with Gasteiger partial charge >= 0.3 is 0 Å². The van der Waals surface area contributed by atoms with E-state index in [0.717, 1.165) is 26.7 Å². The van der Waals surface area contributed by atoms with Crippen molar-refractivity contribution < 1.29 is 9.18 Å². The molecule has 9 heteroatoms. The Morgan fingerprint density at radius 2 is 2.00 bits per heavy atom. The molecule has 1 atom stereocenters. The molecule has 29 heavy (non-hydrogen) atoms. The molecule has 4 heterocycles. The molecule has 0 N–H and O–H groups in total. The van der Waals surface area contributed by atoms with Gasteiger partial charge in [0.15, 0.2) is 16.7 Å². The Morgan fingerprint density at radius 3 is 2.79 bits per heavy atom. The van der Waals surface area contributed by atoms with Crippen LogP contribution in [0.1, 0.15) is 34.8 Å². The van der Waals surface area contributed by atoms with Gasteiger partial charge in [-0.25, -0.2) is 9.37 Å². The van der Waals surface area contributed by atoms with Crippen LogP contribution in [0.5, 0.6) is 0 Å². The molecule has 1 amide bonds. The Bertz CT molecular complexity index is 1230. The fraction of sp³-hybridized carbons (Fsp3) is 0.250. The second-order valence-corrected chi connectivity index (χ2v) is 8.06. The molecule has 0 unspecified atom stereocenters. The number of hydrogen-bond donors (Lipinski definition) is 0. The van der Waals surface area contributed by atoms with Crippen molar-refractivity contribution in [2.24, 2.45) is 0 Å². The number of aryl methyl sites for hydroxylation is 1. The average molecular weight is 408 g/mol. The van der Waals surface area contributed by atoms with Gasteiger partial charge in [0.1, 0.15) is 5.82 Å². The number of carbonyl (C=O) groups is 1. The molecule has 1 aromatic carbocycles. The van der Waals surface area contributed by atoms with E-state index in [4.69, 9.17) is 4.98 Å². The van der Waals surface area contributed by atoms with E-state index in [0.29, 0.717) is 24.5 Å². The minimum atomic E-state index is -0.362. The molecule has 0 saturated carbocycles. The number of carbonyl (C=O) groups excluding carboxylic acids is 1. The third kappa shape index (κ3) is 2.98. The summed E-state index contributed by atoms with van der Waals surface area (Å²) in [5.41, 5.74) is 2.27. The zero-order chi connectivity index (χ0) is 20.1. The normalized spacial score (nSPS) is 16.2. The zero-order valence-corrected chi connectivity index (χ0v) is 16.6. The molecule has 4 aromatic rings. The molecule has 0 bridgehead atoms. The molecular formula is C20H17FN6OS. The predicted molar refractivity (Wildman–Crippen MR) is 107 cm³/mol. The van der Waals surface area contributed by atoms with Gasteiger partial charge in [-0.2, -0.15) is 0 Å². The third-order valence-corrected chi connectivity index (χ3v) is 6.14. The standard InChI is InChI=1S/C20H17FN6OS/c1-11-9-15-16(10-22-11)29-19(23-15)18-25-24-17-12(2)26(7-8-27(17)18)20(28)13-3-5-14(21)6-4-13/h3-6,9-10,12H,7-8H2,1-2H3/t12-/m1/s1. The topological polar surface area (TPSA) is 76.8 Å². The monoisotopic (exact) mass is 408 g/mol. The largest absolute Gasteiger partial charge is 0.327 e. The molecule has 0 spiro atoms. The second-order valence-electron chi connectivity index (χ2n) is 7.03. The lowest BCUT2D eigenvalue weighted by molar-refractivity contribution is 0.0638. The summed E-state index contributed by atoms with van der Waals surface area (Å²) in [6.07, 6.45) is 1.82. The SMILES string of the molecule is Cc1cc2nc(-c3nnc4n3CCN(C(=O)c3ccc(F)cc3)[C@@H]4C)sc2cn1. The Balaban J connectivity index is 1.47. The first-order valence-corrected chi connectivity index (χ1v) is 10.1. The minimum absolute atomic E-state index is 0.144. The molecule has 0 radical (unpaired) electrons. The van der Waals surface area contributed by atoms with Gasteiger partial charge in [-0.05, 0) is 44.2 Å². The van der Waals surface area contributed by atoms with Gasteiger partial charge in [0.05, 0.1) is 16.3 Å². The highest BCUT2D eigenvalue weighted by molar-refractivity contribution is 7.21. The summed E-state index contributed by atoms with van der Waals surface area (Å²) >= 11 is 1.53. The number of hydrogen-bond acceptors (Lipinski definition) is 6. The van der Waals surface area contributed by atoms with Crippen molar-refractivity contribution in [2.45, 2.75) is 26.4 Å². The van der Waals surface area contributed by atoms with Crippen molar-refractivity contribution in [3.8, 4) is 10.8 Å². The average Bonchev–Trinajstić information content (AvgIpc) is 3.32. The maximum atomic E-state index is 13.2. The minimum Gasteiger partial charge on any atom is -0.327 e. The Hall–Kier alpha value is -3.20. The molecule has 1 aliphatic heterocycles. The van der Waals surface area contributed by atoms with Crippen molar-refractivity contribution in [3.63, 3.8) is 0 Å². The summed E-state index contributed by atoms with van der Waals surface area (Å²) < 4.78 is 16.2. The predicted octanol–water partition coefficient (Wildman–Crippen LogP) is 3.61. The van der Waals surface area contributed by atoms with Crippen molar-refractivity contribution >= 4 is 27.5 Å². The van der Waals surface area contributed by atoms with E-state index < -0.39 is 0 Å². The quantitative estimate of drug-likeness (QED) is 0.506. The highest BCUT2D eigenvalue weighted by Crippen LogP contribution is 2.33. The first-order chi connectivity index (χ1) is 14.0. The maximum Gasteiger partial charge on any atom is 0.254 e.